The molecule has 4 rings (SSSR count). The Labute approximate surface area is 176 Å². The second kappa shape index (κ2) is 8.32. The molecule has 1 amide bonds. The summed E-state index contributed by atoms with van der Waals surface area (Å²) in [7, 11) is 1.62. The number of hydrogen-bond donors (Lipinski definition) is 2. The largest absolute Gasteiger partial charge is 0.497 e. The second-order valence-electron chi connectivity index (χ2n) is 6.40. The number of carbonyl (C=O) groups excluding carboxylic acids is 1. The van der Waals surface area contributed by atoms with Gasteiger partial charge in [-0.3, -0.25) is 4.79 Å². The van der Waals surface area contributed by atoms with Crippen molar-refractivity contribution in [2.45, 2.75) is 0 Å². The van der Waals surface area contributed by atoms with Crippen molar-refractivity contribution in [3.8, 4) is 16.9 Å². The van der Waals surface area contributed by atoms with Crippen LogP contribution < -0.4 is 10.2 Å². The minimum atomic E-state index is -0.305. The number of carbonyl (C=O) groups is 1. The van der Waals surface area contributed by atoms with Crippen LogP contribution in [0.3, 0.4) is 0 Å². The van der Waals surface area contributed by atoms with Crippen LogP contribution in [0, 0.1) is 0 Å². The van der Waals surface area contributed by atoms with Crippen LogP contribution in [0.25, 0.3) is 22.0 Å². The van der Waals surface area contributed by atoms with Crippen LogP contribution >= 0.6 is 15.9 Å². The summed E-state index contributed by atoms with van der Waals surface area (Å²) in [5.74, 6) is 0.462. The first-order valence-corrected chi connectivity index (χ1v) is 9.79. The van der Waals surface area contributed by atoms with Gasteiger partial charge in [0, 0.05) is 20.9 Å². The Balaban J connectivity index is 1.65. The van der Waals surface area contributed by atoms with Gasteiger partial charge in [0.05, 0.1) is 13.3 Å². The zero-order chi connectivity index (χ0) is 20.2. The Kier molecular flexibility index (Phi) is 5.44. The monoisotopic (exact) mass is 447 g/mol. The Morgan fingerprint density at radius 1 is 1.07 bits per heavy atom. The van der Waals surface area contributed by atoms with E-state index in [-0.39, 0.29) is 5.91 Å². The molecular weight excluding hydrogens is 430 g/mol. The van der Waals surface area contributed by atoms with E-state index in [4.69, 9.17) is 4.74 Å². The van der Waals surface area contributed by atoms with Crippen molar-refractivity contribution >= 4 is 39.0 Å². The van der Waals surface area contributed by atoms with Crippen LogP contribution in [0.2, 0.25) is 0 Å². The van der Waals surface area contributed by atoms with Crippen LogP contribution in [0.15, 0.2) is 82.4 Å². The molecule has 1 aromatic heterocycles. The van der Waals surface area contributed by atoms with Gasteiger partial charge in [-0.15, -0.1) is 0 Å². The lowest BCUT2D eigenvalue weighted by Crippen LogP contribution is -2.18. The van der Waals surface area contributed by atoms with Gasteiger partial charge in [0.25, 0.3) is 5.91 Å². The minimum Gasteiger partial charge on any atom is -0.497 e. The molecule has 144 valence electrons. The van der Waals surface area contributed by atoms with E-state index in [0.717, 1.165) is 37.8 Å². The number of fused-ring (bicyclic) bond motifs is 1. The highest BCUT2D eigenvalue weighted by atomic mass is 79.9. The fraction of sp³-hybridized carbons (Fsp3) is 0.0435. The maximum Gasteiger partial charge on any atom is 0.288 e. The number of H-pyrrole nitrogens is 1. The molecule has 0 saturated heterocycles. The lowest BCUT2D eigenvalue weighted by atomic mass is 10.0. The lowest BCUT2D eigenvalue weighted by molar-refractivity contribution is 0.0951. The Bertz CT molecular complexity index is 1180. The fourth-order valence-corrected chi connectivity index (χ4v) is 3.51. The number of aromatic nitrogens is 1. The Hall–Kier alpha value is -3.38. The number of rotatable bonds is 5. The van der Waals surface area contributed by atoms with Crippen LogP contribution in [0.4, 0.5) is 0 Å². The van der Waals surface area contributed by atoms with Crippen molar-refractivity contribution in [1.82, 2.24) is 10.4 Å². The second-order valence-corrected chi connectivity index (χ2v) is 7.32. The topological polar surface area (TPSA) is 66.5 Å². The first-order chi connectivity index (χ1) is 14.2. The summed E-state index contributed by atoms with van der Waals surface area (Å²) in [6, 6.07) is 23.1. The number of hydrazone groups is 1. The highest BCUT2D eigenvalue weighted by molar-refractivity contribution is 9.10. The number of methoxy groups -OCH3 is 1. The molecule has 0 aliphatic rings. The van der Waals surface area contributed by atoms with Gasteiger partial charge >= 0.3 is 0 Å². The van der Waals surface area contributed by atoms with Crippen molar-refractivity contribution < 1.29 is 9.53 Å². The van der Waals surface area contributed by atoms with E-state index >= 15 is 0 Å². The number of halogens is 1. The van der Waals surface area contributed by atoms with Crippen molar-refractivity contribution in [3.63, 3.8) is 0 Å². The summed E-state index contributed by atoms with van der Waals surface area (Å²) in [5.41, 5.74) is 6.63. The average Bonchev–Trinajstić information content (AvgIpc) is 3.13. The number of amides is 1. The van der Waals surface area contributed by atoms with E-state index in [0.29, 0.717) is 5.69 Å². The molecule has 0 atom stereocenters. The molecule has 0 bridgehead atoms. The molecule has 0 unspecified atom stereocenters. The minimum absolute atomic E-state index is 0.305. The van der Waals surface area contributed by atoms with Crippen molar-refractivity contribution in [3.05, 3.63) is 88.5 Å². The maximum atomic E-state index is 12.9. The molecule has 0 saturated carbocycles. The molecule has 4 aromatic rings. The summed E-state index contributed by atoms with van der Waals surface area (Å²) in [6.45, 7) is 0. The third kappa shape index (κ3) is 4.07. The molecular formula is C23H18BrN3O2. The van der Waals surface area contributed by atoms with Crippen LogP contribution in [-0.2, 0) is 0 Å². The predicted octanol–water partition coefficient (Wildman–Crippen LogP) is 5.37. The number of aromatic amines is 1. The average molecular weight is 448 g/mol. The van der Waals surface area contributed by atoms with Gasteiger partial charge in [-0.25, -0.2) is 5.43 Å². The summed E-state index contributed by atoms with van der Waals surface area (Å²) < 4.78 is 6.09. The van der Waals surface area contributed by atoms with Gasteiger partial charge in [-0.2, -0.15) is 5.10 Å². The zero-order valence-corrected chi connectivity index (χ0v) is 17.2. The van der Waals surface area contributed by atoms with Gasteiger partial charge in [0.15, 0.2) is 0 Å². The highest BCUT2D eigenvalue weighted by Crippen LogP contribution is 2.34. The van der Waals surface area contributed by atoms with E-state index in [2.05, 4.69) is 31.4 Å². The molecule has 2 N–H and O–H groups in total. The van der Waals surface area contributed by atoms with Gasteiger partial charge in [0.1, 0.15) is 11.4 Å². The SMILES string of the molecule is COc1ccc(/C=N\NC(=O)c2[nH]c3ccc(Br)cc3c2-c2ccccc2)cc1. The van der Waals surface area contributed by atoms with E-state index in [9.17, 15) is 4.79 Å². The van der Waals surface area contributed by atoms with Crippen LogP contribution in [0.5, 0.6) is 5.75 Å². The molecule has 29 heavy (non-hydrogen) atoms. The summed E-state index contributed by atoms with van der Waals surface area (Å²) in [4.78, 5) is 16.1. The van der Waals surface area contributed by atoms with E-state index in [1.165, 1.54) is 0 Å². The smallest absolute Gasteiger partial charge is 0.288 e. The molecule has 0 spiro atoms. The van der Waals surface area contributed by atoms with Crippen molar-refractivity contribution in [2.75, 3.05) is 7.11 Å². The number of nitrogens with zero attached hydrogens (tertiary/aromatic N) is 1. The van der Waals surface area contributed by atoms with Crippen molar-refractivity contribution in [2.24, 2.45) is 5.10 Å². The third-order valence-corrected chi connectivity index (χ3v) is 5.04. The fourth-order valence-electron chi connectivity index (χ4n) is 3.15. The van der Waals surface area contributed by atoms with Crippen LogP contribution in [-0.4, -0.2) is 24.2 Å². The number of nitrogens with one attached hydrogen (secondary N) is 2. The van der Waals surface area contributed by atoms with Gasteiger partial charge < -0.3 is 9.72 Å². The Morgan fingerprint density at radius 2 is 1.83 bits per heavy atom. The molecule has 0 aliphatic heterocycles. The summed E-state index contributed by atoms with van der Waals surface area (Å²) in [6.07, 6.45) is 1.60. The quantitative estimate of drug-likeness (QED) is 0.319. The third-order valence-electron chi connectivity index (χ3n) is 4.55. The number of hydrogen-bond acceptors (Lipinski definition) is 3. The molecule has 0 aliphatic carbocycles. The number of benzene rings is 3. The van der Waals surface area contributed by atoms with Crippen molar-refractivity contribution in [1.29, 1.82) is 0 Å². The summed E-state index contributed by atoms with van der Waals surface area (Å²) >= 11 is 3.52. The predicted molar refractivity (Wildman–Crippen MR) is 119 cm³/mol. The summed E-state index contributed by atoms with van der Waals surface area (Å²) in [5, 5.41) is 5.07. The first kappa shape index (κ1) is 19.0. The van der Waals surface area contributed by atoms with Gasteiger partial charge in [0.2, 0.25) is 0 Å². The zero-order valence-electron chi connectivity index (χ0n) is 15.6. The normalized spacial score (nSPS) is 11.1. The lowest BCUT2D eigenvalue weighted by Gasteiger charge is -2.04. The highest BCUT2D eigenvalue weighted by Gasteiger charge is 2.19. The van der Waals surface area contributed by atoms with Gasteiger partial charge in [-0.05, 0) is 53.6 Å². The standard InChI is InChI=1S/C23H18BrN3O2/c1-29-18-10-7-15(8-11-18)14-25-27-23(28)22-21(16-5-3-2-4-6-16)19-13-17(24)9-12-20(19)26-22/h2-14,26H,1H3,(H,27,28)/b25-14-. The first-order valence-electron chi connectivity index (χ1n) is 9.00. The molecule has 6 heteroatoms. The van der Waals surface area contributed by atoms with E-state index in [1.807, 2.05) is 72.8 Å². The molecule has 0 radical (unpaired) electrons. The Morgan fingerprint density at radius 3 is 2.55 bits per heavy atom. The molecule has 1 heterocycles. The maximum absolute atomic E-state index is 12.9. The van der Waals surface area contributed by atoms with E-state index in [1.54, 1.807) is 13.3 Å². The van der Waals surface area contributed by atoms with E-state index < -0.39 is 0 Å². The molecule has 3 aromatic carbocycles. The number of ether oxygens (including phenoxy) is 1. The van der Waals surface area contributed by atoms with Gasteiger partial charge in [-0.1, -0.05) is 46.3 Å². The van der Waals surface area contributed by atoms with Crippen LogP contribution in [0.1, 0.15) is 16.1 Å². The molecule has 0 fully saturated rings. The molecule has 5 nitrogen and oxygen atoms in total.